The molecule has 2 aliphatic rings. The van der Waals surface area contributed by atoms with Crippen LogP contribution in [0, 0.1) is 0 Å². The van der Waals surface area contributed by atoms with E-state index in [4.69, 9.17) is 4.74 Å². The lowest BCUT2D eigenvalue weighted by atomic mass is 9.74. The first-order valence-electron chi connectivity index (χ1n) is 9.16. The zero-order valence-electron chi connectivity index (χ0n) is 15.7. The van der Waals surface area contributed by atoms with Gasteiger partial charge in [-0.15, -0.1) is 0 Å². The summed E-state index contributed by atoms with van der Waals surface area (Å²) in [5.41, 5.74) is -2.95. The van der Waals surface area contributed by atoms with Gasteiger partial charge >= 0.3 is 12.3 Å². The van der Waals surface area contributed by atoms with Crippen LogP contribution in [0.25, 0.3) is 0 Å². The number of pyridine rings is 1. The highest BCUT2D eigenvalue weighted by molar-refractivity contribution is 5.69. The quantitative estimate of drug-likeness (QED) is 0.784. The maximum absolute atomic E-state index is 13.0. The predicted molar refractivity (Wildman–Crippen MR) is 91.9 cm³/mol. The molecule has 150 valence electrons. The van der Waals surface area contributed by atoms with Crippen molar-refractivity contribution in [3.8, 4) is 0 Å². The molecule has 2 unspecified atom stereocenters. The molecule has 27 heavy (non-hydrogen) atoms. The van der Waals surface area contributed by atoms with Gasteiger partial charge in [-0.1, -0.05) is 0 Å². The summed E-state index contributed by atoms with van der Waals surface area (Å²) in [5.74, 6) is 0. The molecule has 2 aliphatic heterocycles. The highest BCUT2D eigenvalue weighted by atomic mass is 19.4. The SMILES string of the molecule is CC(C)(C)OC(=O)N1C2CCCC1CC(O)(c1cc(C(F)(F)F)ccn1)C2. The Morgan fingerprint density at radius 1 is 1.26 bits per heavy atom. The Labute approximate surface area is 156 Å². The molecule has 0 radical (unpaired) electrons. The minimum atomic E-state index is -4.50. The van der Waals surface area contributed by atoms with E-state index in [1.807, 2.05) is 0 Å². The summed E-state index contributed by atoms with van der Waals surface area (Å²) in [4.78, 5) is 18.3. The van der Waals surface area contributed by atoms with Crippen molar-refractivity contribution in [1.29, 1.82) is 0 Å². The molecular weight excluding hydrogens is 361 g/mol. The van der Waals surface area contributed by atoms with Crippen molar-refractivity contribution < 1.29 is 27.8 Å². The van der Waals surface area contributed by atoms with Gasteiger partial charge in [0.25, 0.3) is 0 Å². The first-order valence-corrected chi connectivity index (χ1v) is 9.16. The molecule has 2 bridgehead atoms. The van der Waals surface area contributed by atoms with Crippen molar-refractivity contribution in [3.63, 3.8) is 0 Å². The molecule has 0 aromatic carbocycles. The summed E-state index contributed by atoms with van der Waals surface area (Å²) in [5, 5.41) is 11.2. The third kappa shape index (κ3) is 4.20. The summed E-state index contributed by atoms with van der Waals surface area (Å²) >= 11 is 0. The first kappa shape index (κ1) is 19.9. The van der Waals surface area contributed by atoms with Gasteiger partial charge in [-0.2, -0.15) is 13.2 Å². The second-order valence-corrected chi connectivity index (χ2v) is 8.49. The zero-order valence-corrected chi connectivity index (χ0v) is 15.7. The van der Waals surface area contributed by atoms with Crippen LogP contribution in [0.1, 0.15) is 64.1 Å². The number of halogens is 3. The Morgan fingerprint density at radius 3 is 2.37 bits per heavy atom. The Morgan fingerprint density at radius 2 is 1.85 bits per heavy atom. The number of piperidine rings is 2. The number of amides is 1. The molecule has 1 aromatic rings. The molecular formula is C19H25F3N2O3. The minimum Gasteiger partial charge on any atom is -0.444 e. The summed E-state index contributed by atoms with van der Waals surface area (Å²) in [6.07, 6.45) is -1.30. The smallest absolute Gasteiger partial charge is 0.416 e. The maximum atomic E-state index is 13.0. The molecule has 1 aromatic heterocycles. The van der Waals surface area contributed by atoms with E-state index in [2.05, 4.69) is 4.98 Å². The van der Waals surface area contributed by atoms with Gasteiger partial charge < -0.3 is 14.7 Å². The average Bonchev–Trinajstić information content (AvgIpc) is 2.51. The summed E-state index contributed by atoms with van der Waals surface area (Å²) in [7, 11) is 0. The third-order valence-corrected chi connectivity index (χ3v) is 5.18. The second kappa shape index (κ2) is 6.65. The van der Waals surface area contributed by atoms with Gasteiger partial charge in [-0.3, -0.25) is 4.98 Å². The number of rotatable bonds is 1. The number of nitrogens with zero attached hydrogens (tertiary/aromatic N) is 2. The van der Waals surface area contributed by atoms with Gasteiger partial charge in [0.1, 0.15) is 11.2 Å². The minimum absolute atomic E-state index is 0.0121. The van der Waals surface area contributed by atoms with E-state index in [0.29, 0.717) is 12.8 Å². The fraction of sp³-hybridized carbons (Fsp3) is 0.684. The van der Waals surface area contributed by atoms with Crippen LogP contribution >= 0.6 is 0 Å². The fourth-order valence-corrected chi connectivity index (χ4v) is 4.11. The van der Waals surface area contributed by atoms with E-state index in [0.717, 1.165) is 24.8 Å². The molecule has 2 atom stereocenters. The number of hydrogen-bond donors (Lipinski definition) is 1. The molecule has 0 saturated carbocycles. The predicted octanol–water partition coefficient (Wildman–Crippen LogP) is 4.24. The average molecular weight is 386 g/mol. The lowest BCUT2D eigenvalue weighted by Crippen LogP contribution is -2.59. The normalized spacial score (nSPS) is 28.8. The molecule has 5 nitrogen and oxygen atoms in total. The van der Waals surface area contributed by atoms with E-state index < -0.39 is 29.0 Å². The lowest BCUT2D eigenvalue weighted by molar-refractivity contribution is -0.138. The Balaban J connectivity index is 1.86. The van der Waals surface area contributed by atoms with Crippen molar-refractivity contribution >= 4 is 6.09 Å². The van der Waals surface area contributed by atoms with Gasteiger partial charge in [-0.05, 0) is 52.2 Å². The number of ether oxygens (including phenoxy) is 1. The lowest BCUT2D eigenvalue weighted by Gasteiger charge is -2.51. The van der Waals surface area contributed by atoms with Crippen LogP contribution in [0.15, 0.2) is 18.3 Å². The van der Waals surface area contributed by atoms with E-state index >= 15 is 0 Å². The molecule has 2 fully saturated rings. The number of hydrogen-bond acceptors (Lipinski definition) is 4. The number of carbonyl (C=O) groups excluding carboxylic acids is 1. The van der Waals surface area contributed by atoms with E-state index in [-0.39, 0.29) is 30.6 Å². The Bertz CT molecular complexity index is 701. The van der Waals surface area contributed by atoms with Crippen molar-refractivity contribution in [2.24, 2.45) is 0 Å². The molecule has 0 aliphatic carbocycles. The summed E-state index contributed by atoms with van der Waals surface area (Å²) in [6.45, 7) is 5.36. The van der Waals surface area contributed by atoms with Crippen LogP contribution in [-0.4, -0.2) is 38.8 Å². The van der Waals surface area contributed by atoms with Crippen molar-refractivity contribution in [3.05, 3.63) is 29.6 Å². The van der Waals surface area contributed by atoms with Crippen molar-refractivity contribution in [1.82, 2.24) is 9.88 Å². The zero-order chi connectivity index (χ0) is 20.0. The van der Waals surface area contributed by atoms with Gasteiger partial charge in [-0.25, -0.2) is 4.79 Å². The van der Waals surface area contributed by atoms with Gasteiger partial charge in [0.15, 0.2) is 0 Å². The van der Waals surface area contributed by atoms with E-state index in [1.54, 1.807) is 25.7 Å². The monoisotopic (exact) mass is 386 g/mol. The van der Waals surface area contributed by atoms with Crippen molar-refractivity contribution in [2.75, 3.05) is 0 Å². The highest BCUT2D eigenvalue weighted by Gasteiger charge is 2.50. The molecule has 1 N–H and O–H groups in total. The van der Waals surface area contributed by atoms with Crippen LogP contribution < -0.4 is 0 Å². The van der Waals surface area contributed by atoms with Crippen LogP contribution in [0.5, 0.6) is 0 Å². The van der Waals surface area contributed by atoms with Crippen molar-refractivity contribution in [2.45, 2.75) is 82.3 Å². The first-order chi connectivity index (χ1) is 12.4. The summed E-state index contributed by atoms with van der Waals surface area (Å²) < 4.78 is 44.6. The molecule has 3 rings (SSSR count). The molecule has 1 amide bonds. The second-order valence-electron chi connectivity index (χ2n) is 8.49. The number of alkyl halides is 3. The number of carbonyl (C=O) groups is 1. The van der Waals surface area contributed by atoms with Gasteiger partial charge in [0.2, 0.25) is 0 Å². The maximum Gasteiger partial charge on any atom is 0.416 e. The standard InChI is InChI=1S/C19H25F3N2O3/c1-17(2,3)27-16(25)24-13-5-4-6-14(24)11-18(26,10-13)15-9-12(7-8-23-15)19(20,21)22/h7-9,13-14,26H,4-6,10-11H2,1-3H3. The molecule has 2 saturated heterocycles. The number of aliphatic hydroxyl groups is 1. The largest absolute Gasteiger partial charge is 0.444 e. The van der Waals surface area contributed by atoms with E-state index in [9.17, 15) is 23.1 Å². The Hall–Kier alpha value is -1.83. The molecule has 3 heterocycles. The van der Waals surface area contributed by atoms with Crippen LogP contribution in [0.2, 0.25) is 0 Å². The van der Waals surface area contributed by atoms with E-state index in [1.165, 1.54) is 0 Å². The molecule has 0 spiro atoms. The molecule has 8 heteroatoms. The fourth-order valence-electron chi connectivity index (χ4n) is 4.11. The number of aromatic nitrogens is 1. The highest BCUT2D eigenvalue weighted by Crippen LogP contribution is 2.45. The Kier molecular flexibility index (Phi) is 4.91. The van der Waals surface area contributed by atoms with Gasteiger partial charge in [0, 0.05) is 31.1 Å². The topological polar surface area (TPSA) is 62.7 Å². The van der Waals surface area contributed by atoms with Crippen LogP contribution in [0.3, 0.4) is 0 Å². The van der Waals surface area contributed by atoms with Gasteiger partial charge in [0.05, 0.1) is 11.3 Å². The summed E-state index contributed by atoms with van der Waals surface area (Å²) in [6, 6.07) is 1.24. The van der Waals surface area contributed by atoms with Crippen LogP contribution in [-0.2, 0) is 16.5 Å². The third-order valence-electron chi connectivity index (χ3n) is 5.18. The number of fused-ring (bicyclic) bond motifs is 2. The van der Waals surface area contributed by atoms with Crippen LogP contribution in [0.4, 0.5) is 18.0 Å².